The Kier molecular flexibility index (Phi) is 4.52. The highest BCUT2D eigenvalue weighted by Gasteiger charge is 2.05. The van der Waals surface area contributed by atoms with Crippen molar-refractivity contribution in [3.8, 4) is 0 Å². The van der Waals surface area contributed by atoms with Crippen molar-refractivity contribution in [2.24, 2.45) is 0 Å². The molecule has 0 fully saturated rings. The number of benzene rings is 2. The number of aryl methyl sites for hydroxylation is 2. The zero-order valence-corrected chi connectivity index (χ0v) is 13.6. The van der Waals surface area contributed by atoms with Gasteiger partial charge < -0.3 is 10.6 Å². The number of hydrogen-bond donors (Lipinski definition) is 2. The van der Waals surface area contributed by atoms with Crippen LogP contribution in [-0.2, 0) is 0 Å². The highest BCUT2D eigenvalue weighted by molar-refractivity contribution is 6.04. The van der Waals surface area contributed by atoms with E-state index in [0.717, 1.165) is 22.6 Å². The van der Waals surface area contributed by atoms with E-state index in [9.17, 15) is 4.79 Å². The highest BCUT2D eigenvalue weighted by atomic mass is 16.1. The Morgan fingerprint density at radius 1 is 0.792 bits per heavy atom. The normalized spacial score (nSPS) is 10.2. The van der Waals surface area contributed by atoms with Crippen molar-refractivity contribution in [1.29, 1.82) is 0 Å². The molecule has 0 bridgehead atoms. The first kappa shape index (κ1) is 15.7. The van der Waals surface area contributed by atoms with Crippen molar-refractivity contribution in [2.45, 2.75) is 13.8 Å². The van der Waals surface area contributed by atoms with Gasteiger partial charge in [0.1, 0.15) is 0 Å². The van der Waals surface area contributed by atoms with Gasteiger partial charge in [-0.15, -0.1) is 5.10 Å². The van der Waals surface area contributed by atoms with Crippen molar-refractivity contribution in [3.63, 3.8) is 0 Å². The smallest absolute Gasteiger partial charge is 0.255 e. The summed E-state index contributed by atoms with van der Waals surface area (Å²) in [5.41, 5.74) is 4.25. The Morgan fingerprint density at radius 2 is 1.46 bits per heavy atom. The molecular weight excluding hydrogens is 300 g/mol. The van der Waals surface area contributed by atoms with Gasteiger partial charge in [-0.1, -0.05) is 17.7 Å². The van der Waals surface area contributed by atoms with Crippen LogP contribution in [0.2, 0.25) is 0 Å². The summed E-state index contributed by atoms with van der Waals surface area (Å²) in [5.74, 6) is 0.553. The lowest BCUT2D eigenvalue weighted by atomic mass is 10.1. The summed E-state index contributed by atoms with van der Waals surface area (Å²) in [7, 11) is 0. The maximum absolute atomic E-state index is 12.2. The van der Waals surface area contributed by atoms with Gasteiger partial charge >= 0.3 is 0 Å². The summed E-state index contributed by atoms with van der Waals surface area (Å²) >= 11 is 0. The Bertz CT molecular complexity index is 825. The molecule has 5 nitrogen and oxygen atoms in total. The molecule has 0 unspecified atom stereocenters. The molecule has 0 aliphatic heterocycles. The van der Waals surface area contributed by atoms with E-state index < -0.39 is 0 Å². The molecule has 1 amide bonds. The number of carbonyl (C=O) groups excluding carboxylic acids is 1. The molecule has 0 saturated carbocycles. The Labute approximate surface area is 140 Å². The SMILES string of the molecule is Cc1ccc(C(=O)Nc2ccc(Nc3ccc(C)nn3)cc2)cc1. The lowest BCUT2D eigenvalue weighted by Crippen LogP contribution is -2.11. The van der Waals surface area contributed by atoms with E-state index in [-0.39, 0.29) is 5.91 Å². The molecule has 120 valence electrons. The third-order valence-electron chi connectivity index (χ3n) is 3.53. The fourth-order valence-corrected chi connectivity index (χ4v) is 2.16. The molecule has 24 heavy (non-hydrogen) atoms. The van der Waals surface area contributed by atoms with Crippen molar-refractivity contribution >= 4 is 23.1 Å². The van der Waals surface area contributed by atoms with Crippen molar-refractivity contribution in [3.05, 3.63) is 77.5 Å². The largest absolute Gasteiger partial charge is 0.339 e. The van der Waals surface area contributed by atoms with Gasteiger partial charge in [-0.2, -0.15) is 5.10 Å². The number of rotatable bonds is 4. The number of nitrogens with zero attached hydrogens (tertiary/aromatic N) is 2. The van der Waals surface area contributed by atoms with E-state index in [4.69, 9.17) is 0 Å². The number of anilines is 3. The van der Waals surface area contributed by atoms with Gasteiger partial charge in [0, 0.05) is 16.9 Å². The fourth-order valence-electron chi connectivity index (χ4n) is 2.16. The standard InChI is InChI=1S/C19H18N4O/c1-13-3-6-15(7-4-13)19(24)21-17-10-8-16(9-11-17)20-18-12-5-14(2)22-23-18/h3-12H,1-2H3,(H,20,23)(H,21,24). The van der Waals surface area contributed by atoms with Gasteiger partial charge in [-0.25, -0.2) is 0 Å². The molecule has 0 aliphatic rings. The van der Waals surface area contributed by atoms with Crippen LogP contribution in [0.1, 0.15) is 21.6 Å². The minimum absolute atomic E-state index is 0.125. The molecule has 0 aliphatic carbocycles. The van der Waals surface area contributed by atoms with Gasteiger partial charge in [0.15, 0.2) is 5.82 Å². The molecule has 1 heterocycles. The summed E-state index contributed by atoms with van der Waals surface area (Å²) in [5, 5.41) is 14.1. The number of amides is 1. The van der Waals surface area contributed by atoms with Gasteiger partial charge in [-0.05, 0) is 62.4 Å². The van der Waals surface area contributed by atoms with E-state index in [2.05, 4.69) is 20.8 Å². The van der Waals surface area contributed by atoms with E-state index in [1.165, 1.54) is 0 Å². The summed E-state index contributed by atoms with van der Waals surface area (Å²) in [6, 6.07) is 18.7. The number of nitrogens with one attached hydrogen (secondary N) is 2. The number of aromatic nitrogens is 2. The molecule has 0 saturated heterocycles. The Morgan fingerprint density at radius 3 is 2.08 bits per heavy atom. The monoisotopic (exact) mass is 318 g/mol. The Hall–Kier alpha value is -3.21. The number of hydrogen-bond acceptors (Lipinski definition) is 4. The van der Waals surface area contributed by atoms with E-state index in [0.29, 0.717) is 11.4 Å². The Balaban J connectivity index is 1.64. The minimum atomic E-state index is -0.125. The van der Waals surface area contributed by atoms with Gasteiger partial charge in [-0.3, -0.25) is 4.79 Å². The fraction of sp³-hybridized carbons (Fsp3) is 0.105. The molecule has 2 N–H and O–H groups in total. The van der Waals surface area contributed by atoms with Crippen molar-refractivity contribution in [1.82, 2.24) is 10.2 Å². The lowest BCUT2D eigenvalue weighted by Gasteiger charge is -2.08. The van der Waals surface area contributed by atoms with Crippen LogP contribution >= 0.6 is 0 Å². The molecule has 0 radical (unpaired) electrons. The second kappa shape index (κ2) is 6.91. The van der Waals surface area contributed by atoms with Crippen LogP contribution in [0.5, 0.6) is 0 Å². The van der Waals surface area contributed by atoms with Gasteiger partial charge in [0.05, 0.1) is 5.69 Å². The van der Waals surface area contributed by atoms with Crippen LogP contribution < -0.4 is 10.6 Å². The average molecular weight is 318 g/mol. The van der Waals surface area contributed by atoms with Gasteiger partial charge in [0.25, 0.3) is 5.91 Å². The van der Waals surface area contributed by atoms with E-state index >= 15 is 0 Å². The first-order valence-electron chi connectivity index (χ1n) is 7.65. The summed E-state index contributed by atoms with van der Waals surface area (Å²) in [6.07, 6.45) is 0. The zero-order chi connectivity index (χ0) is 16.9. The first-order valence-corrected chi connectivity index (χ1v) is 7.65. The average Bonchev–Trinajstić information content (AvgIpc) is 2.59. The minimum Gasteiger partial charge on any atom is -0.339 e. The third kappa shape index (κ3) is 3.95. The van der Waals surface area contributed by atoms with Crippen molar-refractivity contribution in [2.75, 3.05) is 10.6 Å². The predicted octanol–water partition coefficient (Wildman–Crippen LogP) is 4.09. The molecule has 2 aromatic carbocycles. The van der Waals surface area contributed by atoms with E-state index in [1.807, 2.05) is 74.5 Å². The molecule has 1 aromatic heterocycles. The van der Waals surface area contributed by atoms with Crippen molar-refractivity contribution < 1.29 is 4.79 Å². The first-order chi connectivity index (χ1) is 11.6. The van der Waals surface area contributed by atoms with E-state index in [1.54, 1.807) is 0 Å². The zero-order valence-electron chi connectivity index (χ0n) is 13.6. The second-order valence-electron chi connectivity index (χ2n) is 5.58. The molecule has 3 rings (SSSR count). The second-order valence-corrected chi connectivity index (χ2v) is 5.58. The van der Waals surface area contributed by atoms with Crippen LogP contribution in [0.25, 0.3) is 0 Å². The van der Waals surface area contributed by atoms with Gasteiger partial charge in [0.2, 0.25) is 0 Å². The number of carbonyl (C=O) groups is 1. The predicted molar refractivity (Wildman–Crippen MR) is 95.6 cm³/mol. The van der Waals surface area contributed by atoms with Crippen LogP contribution in [0, 0.1) is 13.8 Å². The van der Waals surface area contributed by atoms with Crippen LogP contribution in [0.3, 0.4) is 0 Å². The van der Waals surface area contributed by atoms with Crippen LogP contribution in [0.15, 0.2) is 60.7 Å². The molecule has 0 spiro atoms. The van der Waals surface area contributed by atoms with Crippen LogP contribution in [-0.4, -0.2) is 16.1 Å². The molecule has 0 atom stereocenters. The maximum atomic E-state index is 12.2. The highest BCUT2D eigenvalue weighted by Crippen LogP contribution is 2.18. The summed E-state index contributed by atoms with van der Waals surface area (Å²) in [4.78, 5) is 12.2. The maximum Gasteiger partial charge on any atom is 0.255 e. The quantitative estimate of drug-likeness (QED) is 0.760. The topological polar surface area (TPSA) is 66.9 Å². The summed E-state index contributed by atoms with van der Waals surface area (Å²) < 4.78 is 0. The lowest BCUT2D eigenvalue weighted by molar-refractivity contribution is 0.102. The molecular formula is C19H18N4O. The third-order valence-corrected chi connectivity index (χ3v) is 3.53. The molecule has 3 aromatic rings. The summed E-state index contributed by atoms with van der Waals surface area (Å²) in [6.45, 7) is 3.88. The van der Waals surface area contributed by atoms with Crippen LogP contribution in [0.4, 0.5) is 17.2 Å². The molecule has 5 heteroatoms.